The molecule has 1 saturated carbocycles. The number of anilines is 4. The summed E-state index contributed by atoms with van der Waals surface area (Å²) >= 11 is 0. The van der Waals surface area contributed by atoms with Gasteiger partial charge in [0.1, 0.15) is 11.9 Å². The molecule has 5 rings (SSSR count). The van der Waals surface area contributed by atoms with Crippen LogP contribution in [0.4, 0.5) is 23.0 Å². The first-order valence-electron chi connectivity index (χ1n) is 12.6. The van der Waals surface area contributed by atoms with Gasteiger partial charge >= 0.3 is 0 Å². The van der Waals surface area contributed by atoms with Gasteiger partial charge in [-0.25, -0.2) is 0 Å². The van der Waals surface area contributed by atoms with Crippen molar-refractivity contribution in [3.05, 3.63) is 35.9 Å². The molecule has 1 atom stereocenters. The Morgan fingerprint density at radius 3 is 2.57 bits per heavy atom. The van der Waals surface area contributed by atoms with Crippen molar-refractivity contribution in [2.45, 2.75) is 56.4 Å². The number of rotatable bonds is 6. The van der Waals surface area contributed by atoms with Crippen LogP contribution < -0.4 is 20.9 Å². The van der Waals surface area contributed by atoms with Crippen molar-refractivity contribution >= 4 is 34.8 Å². The standard InChI is InChI=1S/C26H34N6O3/c1-32(2)22-11-10-21(30-31-22)29-23(17-6-4-3-5-7-17)24(33)27-18-8-9-19-20(16-18)28-25(34)26(19)12-14-35-15-13-26/h8-11,16-17,23H,3-7,12-15H2,1-2H3,(H,27,33)(H,28,34)(H,29,30)/t23-/m0/s1. The summed E-state index contributed by atoms with van der Waals surface area (Å²) in [6.45, 7) is 1.16. The molecule has 0 radical (unpaired) electrons. The van der Waals surface area contributed by atoms with Gasteiger partial charge in [0.15, 0.2) is 5.82 Å². The lowest BCUT2D eigenvalue weighted by atomic mass is 9.75. The maximum absolute atomic E-state index is 13.5. The Morgan fingerprint density at radius 2 is 1.89 bits per heavy atom. The highest BCUT2D eigenvalue weighted by molar-refractivity contribution is 6.07. The largest absolute Gasteiger partial charge is 0.381 e. The molecule has 3 heterocycles. The van der Waals surface area contributed by atoms with Crippen molar-refractivity contribution in [2.75, 3.05) is 48.2 Å². The van der Waals surface area contributed by atoms with Gasteiger partial charge in [-0.2, -0.15) is 0 Å². The highest BCUT2D eigenvalue weighted by atomic mass is 16.5. The Labute approximate surface area is 206 Å². The van der Waals surface area contributed by atoms with Crippen molar-refractivity contribution in [1.29, 1.82) is 0 Å². The molecule has 1 aliphatic carbocycles. The molecule has 9 nitrogen and oxygen atoms in total. The van der Waals surface area contributed by atoms with E-state index in [0.29, 0.717) is 37.6 Å². The number of fused-ring (bicyclic) bond motifs is 2. The first kappa shape index (κ1) is 23.5. The van der Waals surface area contributed by atoms with Gasteiger partial charge in [0, 0.05) is 38.7 Å². The summed E-state index contributed by atoms with van der Waals surface area (Å²) in [6, 6.07) is 9.09. The molecule has 3 aliphatic rings. The Hall–Kier alpha value is -3.20. The minimum Gasteiger partial charge on any atom is -0.381 e. The lowest BCUT2D eigenvalue weighted by Gasteiger charge is -2.31. The third kappa shape index (κ3) is 4.69. The van der Waals surface area contributed by atoms with Crippen LogP contribution in [0.3, 0.4) is 0 Å². The fraction of sp³-hybridized carbons (Fsp3) is 0.538. The van der Waals surface area contributed by atoms with Gasteiger partial charge in [0.25, 0.3) is 0 Å². The van der Waals surface area contributed by atoms with Crippen molar-refractivity contribution in [2.24, 2.45) is 5.92 Å². The third-order valence-electron chi connectivity index (χ3n) is 7.65. The lowest BCUT2D eigenvalue weighted by molar-refractivity contribution is -0.124. The number of carbonyl (C=O) groups excluding carboxylic acids is 2. The van der Waals surface area contributed by atoms with Crippen LogP contribution in [-0.4, -0.2) is 55.4 Å². The predicted octanol–water partition coefficient (Wildman–Crippen LogP) is 3.54. The van der Waals surface area contributed by atoms with E-state index in [4.69, 9.17) is 4.74 Å². The molecule has 2 aliphatic heterocycles. The number of nitrogens with zero attached hydrogens (tertiary/aromatic N) is 3. The summed E-state index contributed by atoms with van der Waals surface area (Å²) in [5, 5.41) is 18.0. The third-order valence-corrected chi connectivity index (χ3v) is 7.65. The van der Waals surface area contributed by atoms with E-state index in [0.717, 1.165) is 42.8 Å². The Kier molecular flexibility index (Phi) is 6.60. The molecule has 2 amide bonds. The van der Waals surface area contributed by atoms with Crippen LogP contribution >= 0.6 is 0 Å². The monoisotopic (exact) mass is 478 g/mol. The van der Waals surface area contributed by atoms with Gasteiger partial charge in [-0.15, -0.1) is 10.2 Å². The molecular formula is C26H34N6O3. The summed E-state index contributed by atoms with van der Waals surface area (Å²) in [7, 11) is 3.83. The second-order valence-electron chi connectivity index (χ2n) is 10.1. The summed E-state index contributed by atoms with van der Waals surface area (Å²) in [4.78, 5) is 28.3. The van der Waals surface area contributed by atoms with Gasteiger partial charge in [-0.3, -0.25) is 9.59 Å². The summed E-state index contributed by atoms with van der Waals surface area (Å²) in [5.74, 6) is 1.50. The van der Waals surface area contributed by atoms with Gasteiger partial charge in [-0.1, -0.05) is 25.3 Å². The first-order valence-corrected chi connectivity index (χ1v) is 12.6. The second-order valence-corrected chi connectivity index (χ2v) is 10.1. The first-order chi connectivity index (χ1) is 17.0. The molecule has 2 fully saturated rings. The number of hydrogen-bond acceptors (Lipinski definition) is 7. The van der Waals surface area contributed by atoms with Gasteiger partial charge in [0.05, 0.1) is 5.41 Å². The molecule has 1 aromatic heterocycles. The summed E-state index contributed by atoms with van der Waals surface area (Å²) < 4.78 is 5.49. The van der Waals surface area contributed by atoms with Crippen LogP contribution in [0.5, 0.6) is 0 Å². The fourth-order valence-corrected chi connectivity index (χ4v) is 5.61. The average Bonchev–Trinajstić information content (AvgIpc) is 3.13. The van der Waals surface area contributed by atoms with Crippen LogP contribution in [0.25, 0.3) is 0 Å². The van der Waals surface area contributed by atoms with E-state index in [1.54, 1.807) is 0 Å². The quantitative estimate of drug-likeness (QED) is 0.583. The predicted molar refractivity (Wildman–Crippen MR) is 136 cm³/mol. The normalized spacial score (nSPS) is 20.1. The number of aromatic nitrogens is 2. The van der Waals surface area contributed by atoms with E-state index >= 15 is 0 Å². The zero-order chi connectivity index (χ0) is 24.4. The minimum atomic E-state index is -0.514. The number of ether oxygens (including phenoxy) is 1. The van der Waals surface area contributed by atoms with E-state index in [2.05, 4.69) is 26.1 Å². The molecule has 9 heteroatoms. The smallest absolute Gasteiger partial charge is 0.247 e. The summed E-state index contributed by atoms with van der Waals surface area (Å²) in [6.07, 6.45) is 6.81. The Bertz CT molecular complexity index is 1070. The molecule has 35 heavy (non-hydrogen) atoms. The Balaban J connectivity index is 1.34. The molecule has 1 aromatic carbocycles. The maximum atomic E-state index is 13.5. The van der Waals surface area contributed by atoms with Gasteiger partial charge in [0.2, 0.25) is 11.8 Å². The van der Waals surface area contributed by atoms with Gasteiger partial charge < -0.3 is 25.6 Å². The molecule has 2 aromatic rings. The SMILES string of the molecule is CN(C)c1ccc(N[C@H](C(=O)Nc2ccc3c(c2)NC(=O)C32CCOCC2)C2CCCCC2)nn1. The lowest BCUT2D eigenvalue weighted by Crippen LogP contribution is -2.42. The van der Waals surface area contributed by atoms with Crippen LogP contribution in [0.2, 0.25) is 0 Å². The van der Waals surface area contributed by atoms with E-state index in [1.807, 2.05) is 49.3 Å². The zero-order valence-electron chi connectivity index (χ0n) is 20.5. The van der Waals surface area contributed by atoms with Crippen molar-refractivity contribution < 1.29 is 14.3 Å². The fourth-order valence-electron chi connectivity index (χ4n) is 5.61. The molecule has 1 spiro atoms. The van der Waals surface area contributed by atoms with E-state index in [-0.39, 0.29) is 17.7 Å². The zero-order valence-corrected chi connectivity index (χ0v) is 20.5. The van der Waals surface area contributed by atoms with Crippen LogP contribution in [0.15, 0.2) is 30.3 Å². The minimum absolute atomic E-state index is 0.0285. The molecular weight excluding hydrogens is 444 g/mol. The second kappa shape index (κ2) is 9.81. The number of hydrogen-bond donors (Lipinski definition) is 3. The van der Waals surface area contributed by atoms with Crippen molar-refractivity contribution in [3.8, 4) is 0 Å². The van der Waals surface area contributed by atoms with E-state index in [1.165, 1.54) is 6.42 Å². The van der Waals surface area contributed by atoms with E-state index < -0.39 is 11.5 Å². The molecule has 0 bridgehead atoms. The van der Waals surface area contributed by atoms with Crippen molar-refractivity contribution in [1.82, 2.24) is 10.2 Å². The van der Waals surface area contributed by atoms with E-state index in [9.17, 15) is 9.59 Å². The number of carbonyl (C=O) groups is 2. The number of benzene rings is 1. The van der Waals surface area contributed by atoms with Crippen LogP contribution in [0, 0.1) is 5.92 Å². The highest BCUT2D eigenvalue weighted by Crippen LogP contribution is 2.45. The number of nitrogens with one attached hydrogen (secondary N) is 3. The topological polar surface area (TPSA) is 108 Å². The average molecular weight is 479 g/mol. The molecule has 0 unspecified atom stereocenters. The van der Waals surface area contributed by atoms with Gasteiger partial charge in [-0.05, 0) is 61.4 Å². The van der Waals surface area contributed by atoms with Crippen molar-refractivity contribution in [3.63, 3.8) is 0 Å². The number of amides is 2. The Morgan fingerprint density at radius 1 is 1.11 bits per heavy atom. The highest BCUT2D eigenvalue weighted by Gasteiger charge is 2.47. The molecule has 1 saturated heterocycles. The molecule has 3 N–H and O–H groups in total. The van der Waals surface area contributed by atoms with Crippen LogP contribution in [0.1, 0.15) is 50.5 Å². The summed E-state index contributed by atoms with van der Waals surface area (Å²) in [5.41, 5.74) is 1.94. The van der Waals surface area contributed by atoms with Crippen LogP contribution in [-0.2, 0) is 19.7 Å². The maximum Gasteiger partial charge on any atom is 0.247 e. The molecule has 186 valence electrons.